The normalized spacial score (nSPS) is 50.5. The van der Waals surface area contributed by atoms with E-state index in [1.165, 1.54) is 32.2 Å². The molecule has 3 heterocycles. The first-order valence-electron chi connectivity index (χ1n) is 5.48. The molecule has 74 valence electrons. The minimum absolute atomic E-state index is 0.416. The van der Waals surface area contributed by atoms with Gasteiger partial charge in [-0.05, 0) is 25.7 Å². The van der Waals surface area contributed by atoms with Crippen LogP contribution in [0.4, 0.5) is 0 Å². The molecule has 2 N–H and O–H groups in total. The van der Waals surface area contributed by atoms with Crippen molar-refractivity contribution in [3.05, 3.63) is 0 Å². The van der Waals surface area contributed by atoms with Crippen molar-refractivity contribution in [1.29, 1.82) is 0 Å². The monoisotopic (exact) mass is 182 g/mol. The van der Waals surface area contributed by atoms with Gasteiger partial charge >= 0.3 is 0 Å². The molecule has 3 rings (SSSR count). The maximum atomic E-state index is 5.91. The molecule has 0 aliphatic carbocycles. The summed E-state index contributed by atoms with van der Waals surface area (Å²) in [5, 5.41) is 0. The van der Waals surface area contributed by atoms with Crippen molar-refractivity contribution in [2.24, 2.45) is 5.73 Å². The largest absolute Gasteiger partial charge is 0.373 e. The Morgan fingerprint density at radius 1 is 1.23 bits per heavy atom. The number of hydrogen-bond donors (Lipinski definition) is 1. The number of hydrogen-bond acceptors (Lipinski definition) is 3. The van der Waals surface area contributed by atoms with Crippen LogP contribution in [0.5, 0.6) is 0 Å². The Labute approximate surface area is 79.2 Å². The Morgan fingerprint density at radius 2 is 2.15 bits per heavy atom. The molecule has 0 radical (unpaired) electrons. The molecule has 0 amide bonds. The van der Waals surface area contributed by atoms with E-state index < -0.39 is 0 Å². The van der Waals surface area contributed by atoms with E-state index in [4.69, 9.17) is 10.5 Å². The van der Waals surface area contributed by atoms with Crippen molar-refractivity contribution in [3.8, 4) is 0 Å². The molecule has 3 heteroatoms. The molecule has 3 fully saturated rings. The van der Waals surface area contributed by atoms with Gasteiger partial charge in [0, 0.05) is 25.2 Å². The first kappa shape index (κ1) is 8.21. The minimum atomic E-state index is 0.416. The number of nitrogens with two attached hydrogens (primary N) is 1. The highest BCUT2D eigenvalue weighted by molar-refractivity contribution is 4.97. The lowest BCUT2D eigenvalue weighted by Crippen LogP contribution is -2.41. The van der Waals surface area contributed by atoms with E-state index in [0.717, 1.165) is 6.54 Å². The lowest BCUT2D eigenvalue weighted by Gasteiger charge is -2.28. The molecule has 2 bridgehead atoms. The van der Waals surface area contributed by atoms with Crippen molar-refractivity contribution in [2.75, 3.05) is 13.1 Å². The molecule has 4 atom stereocenters. The highest BCUT2D eigenvalue weighted by Crippen LogP contribution is 2.38. The summed E-state index contributed by atoms with van der Waals surface area (Å²) in [6.45, 7) is 2.29. The summed E-state index contributed by atoms with van der Waals surface area (Å²) in [5.74, 6) is 0. The molecule has 3 aliphatic rings. The average Bonchev–Trinajstić information content (AvgIpc) is 2.77. The molecule has 0 aromatic rings. The van der Waals surface area contributed by atoms with Crippen molar-refractivity contribution >= 4 is 0 Å². The molecule has 13 heavy (non-hydrogen) atoms. The van der Waals surface area contributed by atoms with E-state index >= 15 is 0 Å². The second kappa shape index (κ2) is 2.94. The van der Waals surface area contributed by atoms with Gasteiger partial charge in [0.2, 0.25) is 0 Å². The van der Waals surface area contributed by atoms with Gasteiger partial charge in [-0.1, -0.05) is 0 Å². The zero-order valence-electron chi connectivity index (χ0n) is 7.98. The standard InChI is InChI=1S/C10H18N2O/c11-7-3-4-12(6-7)9-5-8-1-2-10(9)13-8/h7-10H,1-6,11H2. The topological polar surface area (TPSA) is 38.5 Å². The summed E-state index contributed by atoms with van der Waals surface area (Å²) in [5.41, 5.74) is 5.91. The van der Waals surface area contributed by atoms with Crippen molar-refractivity contribution in [3.63, 3.8) is 0 Å². The van der Waals surface area contributed by atoms with Crippen LogP contribution < -0.4 is 5.73 Å². The SMILES string of the molecule is NC1CCN(C2CC3CCC2O3)C1. The first-order valence-corrected chi connectivity index (χ1v) is 5.48. The van der Waals surface area contributed by atoms with E-state index in [1.807, 2.05) is 0 Å². The summed E-state index contributed by atoms with van der Waals surface area (Å²) in [6.07, 6.45) is 6.12. The molecule has 0 spiro atoms. The second-order valence-corrected chi connectivity index (χ2v) is 4.72. The predicted octanol–water partition coefficient (Wildman–Crippen LogP) is 0.339. The summed E-state index contributed by atoms with van der Waals surface area (Å²) in [6, 6.07) is 1.12. The van der Waals surface area contributed by atoms with E-state index in [1.54, 1.807) is 0 Å². The molecule has 3 aliphatic heterocycles. The van der Waals surface area contributed by atoms with Crippen LogP contribution in [0.3, 0.4) is 0 Å². The summed E-state index contributed by atoms with van der Waals surface area (Å²) in [4.78, 5) is 2.55. The van der Waals surface area contributed by atoms with Gasteiger partial charge in [-0.3, -0.25) is 4.90 Å². The Hall–Kier alpha value is -0.120. The Bertz CT molecular complexity index is 209. The van der Waals surface area contributed by atoms with Gasteiger partial charge in [-0.25, -0.2) is 0 Å². The maximum Gasteiger partial charge on any atom is 0.0735 e. The minimum Gasteiger partial charge on any atom is -0.373 e. The molecule has 3 nitrogen and oxygen atoms in total. The highest BCUT2D eigenvalue weighted by Gasteiger charge is 2.44. The van der Waals surface area contributed by atoms with Gasteiger partial charge < -0.3 is 10.5 Å². The van der Waals surface area contributed by atoms with Gasteiger partial charge in [-0.2, -0.15) is 0 Å². The van der Waals surface area contributed by atoms with E-state index in [0.29, 0.717) is 24.3 Å². The molecular weight excluding hydrogens is 164 g/mol. The van der Waals surface area contributed by atoms with E-state index in [9.17, 15) is 0 Å². The Balaban J connectivity index is 1.66. The number of rotatable bonds is 1. The first-order chi connectivity index (χ1) is 6.33. The third-order valence-corrected chi connectivity index (χ3v) is 3.80. The van der Waals surface area contributed by atoms with Crippen LogP contribution in [0.2, 0.25) is 0 Å². The molecule has 0 aromatic carbocycles. The van der Waals surface area contributed by atoms with Crippen molar-refractivity contribution in [1.82, 2.24) is 4.90 Å². The molecular formula is C10H18N2O. The zero-order chi connectivity index (χ0) is 8.84. The third-order valence-electron chi connectivity index (χ3n) is 3.80. The van der Waals surface area contributed by atoms with Gasteiger partial charge in [0.25, 0.3) is 0 Å². The quantitative estimate of drug-likeness (QED) is 0.635. The highest BCUT2D eigenvalue weighted by atomic mass is 16.5. The number of ether oxygens (including phenoxy) is 1. The zero-order valence-corrected chi connectivity index (χ0v) is 7.98. The lowest BCUT2D eigenvalue weighted by atomic mass is 9.94. The van der Waals surface area contributed by atoms with Crippen LogP contribution >= 0.6 is 0 Å². The molecule has 0 saturated carbocycles. The molecule has 4 unspecified atom stereocenters. The summed E-state index contributed by atoms with van der Waals surface area (Å²) >= 11 is 0. The fourth-order valence-corrected chi connectivity index (χ4v) is 3.11. The summed E-state index contributed by atoms with van der Waals surface area (Å²) in [7, 11) is 0. The van der Waals surface area contributed by atoms with Gasteiger partial charge in [-0.15, -0.1) is 0 Å². The van der Waals surface area contributed by atoms with Crippen LogP contribution in [-0.2, 0) is 4.74 Å². The van der Waals surface area contributed by atoms with E-state index in [2.05, 4.69) is 4.90 Å². The Morgan fingerprint density at radius 3 is 2.69 bits per heavy atom. The van der Waals surface area contributed by atoms with Crippen LogP contribution in [-0.4, -0.2) is 42.3 Å². The Kier molecular flexibility index (Phi) is 1.86. The third kappa shape index (κ3) is 1.30. The molecule has 0 aromatic heterocycles. The smallest absolute Gasteiger partial charge is 0.0735 e. The van der Waals surface area contributed by atoms with Crippen LogP contribution in [0.25, 0.3) is 0 Å². The van der Waals surface area contributed by atoms with Crippen LogP contribution in [0, 0.1) is 0 Å². The molecule has 3 saturated heterocycles. The van der Waals surface area contributed by atoms with Crippen LogP contribution in [0.15, 0.2) is 0 Å². The van der Waals surface area contributed by atoms with Crippen molar-refractivity contribution < 1.29 is 4.74 Å². The van der Waals surface area contributed by atoms with Gasteiger partial charge in [0.05, 0.1) is 12.2 Å². The fraction of sp³-hybridized carbons (Fsp3) is 1.00. The maximum absolute atomic E-state index is 5.91. The lowest BCUT2D eigenvalue weighted by molar-refractivity contribution is 0.0767. The number of nitrogens with zero attached hydrogens (tertiary/aromatic N) is 1. The summed E-state index contributed by atoms with van der Waals surface area (Å²) < 4.78 is 5.85. The second-order valence-electron chi connectivity index (χ2n) is 4.72. The van der Waals surface area contributed by atoms with Gasteiger partial charge in [0.15, 0.2) is 0 Å². The average molecular weight is 182 g/mol. The van der Waals surface area contributed by atoms with Gasteiger partial charge in [0.1, 0.15) is 0 Å². The van der Waals surface area contributed by atoms with Crippen LogP contribution in [0.1, 0.15) is 25.7 Å². The number of likely N-dealkylation sites (tertiary alicyclic amines) is 1. The predicted molar refractivity (Wildman–Crippen MR) is 50.5 cm³/mol. The fourth-order valence-electron chi connectivity index (χ4n) is 3.11. The van der Waals surface area contributed by atoms with E-state index in [-0.39, 0.29) is 0 Å². The van der Waals surface area contributed by atoms with Crippen molar-refractivity contribution in [2.45, 2.75) is 50.0 Å². The number of fused-ring (bicyclic) bond motifs is 2.